The Morgan fingerprint density at radius 3 is 3.00 bits per heavy atom. The van der Waals surface area contributed by atoms with E-state index in [4.69, 9.17) is 10.5 Å². The van der Waals surface area contributed by atoms with E-state index in [9.17, 15) is 0 Å². The van der Waals surface area contributed by atoms with Gasteiger partial charge in [0, 0.05) is 0 Å². The van der Waals surface area contributed by atoms with Crippen LogP contribution in [0, 0.1) is 0 Å². The molecule has 0 aromatic carbocycles. The molecule has 3 N–H and O–H groups in total. The van der Waals surface area contributed by atoms with Gasteiger partial charge < -0.3 is 15.8 Å². The maximum atomic E-state index is 5.26. The highest BCUT2D eigenvalue weighted by atomic mass is 16.5. The molecule has 3 heteroatoms. The number of nitrogens with two attached hydrogens (primary N) is 1. The summed E-state index contributed by atoms with van der Waals surface area (Å²) in [7, 11) is 0. The van der Waals surface area contributed by atoms with Crippen molar-refractivity contribution in [3.63, 3.8) is 0 Å². The summed E-state index contributed by atoms with van der Waals surface area (Å²) in [4.78, 5) is 0. The lowest BCUT2D eigenvalue weighted by Gasteiger charge is -2.11. The largest absolute Gasteiger partial charge is 0.496 e. The van der Waals surface area contributed by atoms with Gasteiger partial charge >= 0.3 is 0 Å². The molecule has 0 saturated carbocycles. The van der Waals surface area contributed by atoms with Gasteiger partial charge in [0.05, 0.1) is 6.54 Å². The predicted molar refractivity (Wildman–Crippen MR) is 26.2 cm³/mol. The molecule has 0 radical (unpaired) electrons. The summed E-state index contributed by atoms with van der Waals surface area (Å²) < 4.78 is 4.83. The monoisotopic (exact) mass is 100 g/mol. The second kappa shape index (κ2) is 1.73. The van der Waals surface area contributed by atoms with Crippen LogP contribution in [0.15, 0.2) is 12.1 Å². The van der Waals surface area contributed by atoms with Crippen LogP contribution in [0.1, 0.15) is 0 Å². The van der Waals surface area contributed by atoms with Crippen LogP contribution in [0.2, 0.25) is 0 Å². The molecule has 0 aliphatic carbocycles. The van der Waals surface area contributed by atoms with Crippen LogP contribution in [0.5, 0.6) is 0 Å². The van der Waals surface area contributed by atoms with Gasteiger partial charge in [-0.05, 0) is 0 Å². The van der Waals surface area contributed by atoms with Crippen molar-refractivity contribution < 1.29 is 4.74 Å². The molecular formula is C4H8N2O. The van der Waals surface area contributed by atoms with Gasteiger partial charge in [-0.2, -0.15) is 0 Å². The molecule has 7 heavy (non-hydrogen) atoms. The molecule has 1 aliphatic heterocycles. The van der Waals surface area contributed by atoms with E-state index in [0.717, 1.165) is 13.2 Å². The molecular weight excluding hydrogens is 92.1 g/mol. The van der Waals surface area contributed by atoms with Crippen LogP contribution in [0.25, 0.3) is 0 Å². The average Bonchev–Trinajstić information content (AvgIpc) is 1.69. The molecule has 0 aromatic rings. The van der Waals surface area contributed by atoms with E-state index in [1.807, 2.05) is 0 Å². The summed E-state index contributed by atoms with van der Waals surface area (Å²) >= 11 is 0. The van der Waals surface area contributed by atoms with E-state index < -0.39 is 0 Å². The Kier molecular flexibility index (Phi) is 1.06. The number of hydrogen-bond acceptors (Lipinski definition) is 3. The van der Waals surface area contributed by atoms with E-state index in [0.29, 0.717) is 5.82 Å². The minimum Gasteiger partial charge on any atom is -0.496 e. The molecule has 0 aromatic heterocycles. The third-order valence-corrected chi connectivity index (χ3v) is 0.759. The summed E-state index contributed by atoms with van der Waals surface area (Å²) in [6.07, 6.45) is 1.52. The zero-order valence-electron chi connectivity index (χ0n) is 3.98. The Bertz CT molecular complexity index is 89.7. The zero-order valence-corrected chi connectivity index (χ0v) is 3.98. The van der Waals surface area contributed by atoms with Crippen LogP contribution in [0.4, 0.5) is 0 Å². The first-order valence-corrected chi connectivity index (χ1v) is 2.21. The second-order valence-electron chi connectivity index (χ2n) is 1.37. The lowest BCUT2D eigenvalue weighted by molar-refractivity contribution is 0.229. The summed E-state index contributed by atoms with van der Waals surface area (Å²) in [5.74, 6) is 0.617. The highest BCUT2D eigenvalue weighted by Gasteiger charge is 1.93. The SMILES string of the molecule is NC1=COCCN1. The summed E-state index contributed by atoms with van der Waals surface area (Å²) in [6, 6.07) is 0. The molecule has 3 nitrogen and oxygen atoms in total. The molecule has 40 valence electrons. The molecule has 1 heterocycles. The first-order chi connectivity index (χ1) is 3.39. The first kappa shape index (κ1) is 4.30. The van der Waals surface area contributed by atoms with Crippen LogP contribution in [0.3, 0.4) is 0 Å². The van der Waals surface area contributed by atoms with E-state index in [1.165, 1.54) is 6.26 Å². The van der Waals surface area contributed by atoms with Crippen molar-refractivity contribution in [3.8, 4) is 0 Å². The highest BCUT2D eigenvalue weighted by Crippen LogP contribution is 1.85. The van der Waals surface area contributed by atoms with E-state index in [2.05, 4.69) is 5.32 Å². The molecule has 0 fully saturated rings. The summed E-state index contributed by atoms with van der Waals surface area (Å²) in [6.45, 7) is 1.54. The summed E-state index contributed by atoms with van der Waals surface area (Å²) in [5, 5.41) is 2.90. The Morgan fingerprint density at radius 1 is 1.86 bits per heavy atom. The van der Waals surface area contributed by atoms with E-state index >= 15 is 0 Å². The topological polar surface area (TPSA) is 47.3 Å². The maximum absolute atomic E-state index is 5.26. The van der Waals surface area contributed by atoms with Gasteiger partial charge in [-0.15, -0.1) is 0 Å². The third-order valence-electron chi connectivity index (χ3n) is 0.759. The first-order valence-electron chi connectivity index (χ1n) is 2.21. The van der Waals surface area contributed by atoms with E-state index in [-0.39, 0.29) is 0 Å². The molecule has 0 amide bonds. The molecule has 0 saturated heterocycles. The van der Waals surface area contributed by atoms with Gasteiger partial charge in [-0.25, -0.2) is 0 Å². The smallest absolute Gasteiger partial charge is 0.132 e. The quantitative estimate of drug-likeness (QED) is 0.426. The van der Waals surface area contributed by atoms with Crippen LogP contribution >= 0.6 is 0 Å². The van der Waals surface area contributed by atoms with Gasteiger partial charge in [0.15, 0.2) is 0 Å². The number of rotatable bonds is 0. The normalized spacial score (nSPS) is 19.1. The van der Waals surface area contributed by atoms with Crippen molar-refractivity contribution in [1.82, 2.24) is 5.32 Å². The van der Waals surface area contributed by atoms with Crippen molar-refractivity contribution in [2.75, 3.05) is 13.2 Å². The van der Waals surface area contributed by atoms with Crippen molar-refractivity contribution in [2.45, 2.75) is 0 Å². The minimum absolute atomic E-state index is 0.617. The molecule has 1 aliphatic rings. The zero-order chi connectivity index (χ0) is 5.11. The van der Waals surface area contributed by atoms with Crippen molar-refractivity contribution in [2.24, 2.45) is 5.73 Å². The van der Waals surface area contributed by atoms with Gasteiger partial charge in [0.25, 0.3) is 0 Å². The van der Waals surface area contributed by atoms with Crippen molar-refractivity contribution in [1.29, 1.82) is 0 Å². The van der Waals surface area contributed by atoms with Crippen molar-refractivity contribution >= 4 is 0 Å². The maximum Gasteiger partial charge on any atom is 0.132 e. The van der Waals surface area contributed by atoms with Gasteiger partial charge in [0.1, 0.15) is 18.7 Å². The fourth-order valence-electron chi connectivity index (χ4n) is 0.445. The van der Waals surface area contributed by atoms with Crippen molar-refractivity contribution in [3.05, 3.63) is 12.1 Å². The fourth-order valence-corrected chi connectivity index (χ4v) is 0.445. The molecule has 0 unspecified atom stereocenters. The summed E-state index contributed by atoms with van der Waals surface area (Å²) in [5.41, 5.74) is 5.26. The third kappa shape index (κ3) is 0.994. The number of ether oxygens (including phenoxy) is 1. The number of hydrogen-bond donors (Lipinski definition) is 2. The van der Waals surface area contributed by atoms with Crippen LogP contribution in [-0.4, -0.2) is 13.2 Å². The average molecular weight is 100 g/mol. The molecule has 1 rings (SSSR count). The Labute approximate surface area is 42.1 Å². The minimum atomic E-state index is 0.617. The molecule has 0 bridgehead atoms. The predicted octanol–water partition coefficient (Wildman–Crippen LogP) is -0.636. The Balaban J connectivity index is 2.40. The Morgan fingerprint density at radius 2 is 2.71 bits per heavy atom. The lowest BCUT2D eigenvalue weighted by Crippen LogP contribution is -2.27. The van der Waals surface area contributed by atoms with Crippen LogP contribution < -0.4 is 11.1 Å². The van der Waals surface area contributed by atoms with Gasteiger partial charge in [-0.3, -0.25) is 0 Å². The number of nitrogens with one attached hydrogen (secondary N) is 1. The van der Waals surface area contributed by atoms with Gasteiger partial charge in [-0.1, -0.05) is 0 Å². The van der Waals surface area contributed by atoms with Crippen LogP contribution in [-0.2, 0) is 4.74 Å². The van der Waals surface area contributed by atoms with Gasteiger partial charge in [0.2, 0.25) is 0 Å². The lowest BCUT2D eigenvalue weighted by atomic mass is 10.6. The molecule has 0 atom stereocenters. The highest BCUT2D eigenvalue weighted by molar-refractivity contribution is 4.90. The standard InChI is InChI=1S/C4H8N2O/c5-4-3-7-2-1-6-4/h3,6H,1-2,5H2. The fraction of sp³-hybridized carbons (Fsp3) is 0.500. The molecule has 0 spiro atoms. The van der Waals surface area contributed by atoms with E-state index in [1.54, 1.807) is 0 Å². The Hall–Kier alpha value is -0.860. The second-order valence-corrected chi connectivity index (χ2v) is 1.37.